The molecule has 9 heteroatoms. The van der Waals surface area contributed by atoms with E-state index in [2.05, 4.69) is 9.88 Å². The molecule has 1 saturated heterocycles. The van der Waals surface area contributed by atoms with Gasteiger partial charge in [0.05, 0.1) is 10.4 Å². The number of piperazine rings is 1. The van der Waals surface area contributed by atoms with Crippen LogP contribution in [0, 0.1) is 0 Å². The number of H-pyrrole nitrogens is 1. The quantitative estimate of drug-likeness (QED) is 0.737. The van der Waals surface area contributed by atoms with E-state index < -0.39 is 15.8 Å². The van der Waals surface area contributed by atoms with Crippen LogP contribution in [-0.4, -0.2) is 43.9 Å². The lowest BCUT2D eigenvalue weighted by Gasteiger charge is -2.35. The van der Waals surface area contributed by atoms with Crippen molar-refractivity contribution in [1.29, 1.82) is 0 Å². The van der Waals surface area contributed by atoms with E-state index in [0.29, 0.717) is 42.3 Å². The van der Waals surface area contributed by atoms with Gasteiger partial charge >= 0.3 is 5.76 Å². The molecule has 0 bridgehead atoms. The Labute approximate surface area is 154 Å². The number of hydrogen-bond donors (Lipinski definition) is 1. The number of nitrogens with zero attached hydrogens (tertiary/aromatic N) is 2. The normalized spacial score (nSPS) is 16.3. The minimum atomic E-state index is -3.53. The lowest BCUT2D eigenvalue weighted by molar-refractivity contribution is 0.385. The van der Waals surface area contributed by atoms with Crippen LogP contribution >= 0.6 is 11.6 Å². The van der Waals surface area contributed by atoms with Crippen LogP contribution in [0.1, 0.15) is 0 Å². The molecule has 1 aliphatic heterocycles. The third-order valence-corrected chi connectivity index (χ3v) is 6.62. The van der Waals surface area contributed by atoms with Crippen molar-refractivity contribution in [3.05, 3.63) is 58.0 Å². The second kappa shape index (κ2) is 6.46. The minimum Gasteiger partial charge on any atom is -0.408 e. The summed E-state index contributed by atoms with van der Waals surface area (Å²) >= 11 is 5.83. The van der Waals surface area contributed by atoms with Crippen molar-refractivity contribution in [2.24, 2.45) is 0 Å². The van der Waals surface area contributed by atoms with Crippen LogP contribution in [0.4, 0.5) is 5.69 Å². The van der Waals surface area contributed by atoms with E-state index in [4.69, 9.17) is 16.0 Å². The number of nitrogens with one attached hydrogen (secondary N) is 1. The van der Waals surface area contributed by atoms with E-state index in [1.807, 2.05) is 6.07 Å². The van der Waals surface area contributed by atoms with E-state index in [1.165, 1.54) is 16.4 Å². The van der Waals surface area contributed by atoms with Gasteiger partial charge in [0.15, 0.2) is 5.58 Å². The monoisotopic (exact) mass is 393 g/mol. The van der Waals surface area contributed by atoms with Gasteiger partial charge in [0.25, 0.3) is 0 Å². The van der Waals surface area contributed by atoms with Crippen LogP contribution in [0.25, 0.3) is 11.1 Å². The van der Waals surface area contributed by atoms with Crippen LogP contribution in [0.2, 0.25) is 5.02 Å². The number of sulfonamides is 1. The predicted molar refractivity (Wildman–Crippen MR) is 99.3 cm³/mol. The maximum atomic E-state index is 12.7. The van der Waals surface area contributed by atoms with Crippen LogP contribution < -0.4 is 10.7 Å². The Morgan fingerprint density at radius 1 is 1.00 bits per heavy atom. The molecule has 7 nitrogen and oxygen atoms in total. The molecular weight excluding hydrogens is 378 g/mol. The number of anilines is 1. The minimum absolute atomic E-state index is 0.242. The smallest absolute Gasteiger partial charge is 0.408 e. The number of benzene rings is 2. The molecular formula is C17H16ClN3O4S. The molecule has 26 heavy (non-hydrogen) atoms. The van der Waals surface area contributed by atoms with Crippen LogP contribution in [0.3, 0.4) is 0 Å². The summed E-state index contributed by atoms with van der Waals surface area (Å²) in [4.78, 5) is 16.2. The number of aromatic amines is 1. The molecule has 1 aromatic heterocycles. The molecule has 0 amide bonds. The van der Waals surface area contributed by atoms with Gasteiger partial charge < -0.3 is 9.32 Å². The molecule has 136 valence electrons. The van der Waals surface area contributed by atoms with Gasteiger partial charge in [-0.15, -0.1) is 0 Å². The largest absolute Gasteiger partial charge is 0.417 e. The Bertz CT molecular complexity index is 1100. The SMILES string of the molecule is O=c1[nH]c2ccc(N3CCN(S(=O)(=O)c4ccc(Cl)cc4)CC3)cc2o1. The van der Waals surface area contributed by atoms with Gasteiger partial charge in [0.1, 0.15) is 0 Å². The Hall–Kier alpha value is -2.29. The van der Waals surface area contributed by atoms with Crippen molar-refractivity contribution in [1.82, 2.24) is 9.29 Å². The summed E-state index contributed by atoms with van der Waals surface area (Å²) in [5.41, 5.74) is 2.02. The molecule has 0 spiro atoms. The van der Waals surface area contributed by atoms with E-state index in [1.54, 1.807) is 24.3 Å². The zero-order chi connectivity index (χ0) is 18.3. The Kier molecular flexibility index (Phi) is 4.26. The zero-order valence-electron chi connectivity index (χ0n) is 13.7. The highest BCUT2D eigenvalue weighted by molar-refractivity contribution is 7.89. The Morgan fingerprint density at radius 2 is 1.69 bits per heavy atom. The molecule has 4 rings (SSSR count). The Balaban J connectivity index is 1.50. The first kappa shape index (κ1) is 17.1. The van der Waals surface area contributed by atoms with Gasteiger partial charge in [-0.2, -0.15) is 4.31 Å². The third kappa shape index (κ3) is 3.11. The number of aromatic nitrogens is 1. The van der Waals surface area contributed by atoms with Crippen molar-refractivity contribution in [2.75, 3.05) is 31.1 Å². The summed E-state index contributed by atoms with van der Waals surface area (Å²) in [5.74, 6) is -0.490. The number of fused-ring (bicyclic) bond motifs is 1. The second-order valence-electron chi connectivity index (χ2n) is 6.04. The maximum Gasteiger partial charge on any atom is 0.417 e. The fourth-order valence-corrected chi connectivity index (χ4v) is 4.62. The van der Waals surface area contributed by atoms with Gasteiger partial charge in [-0.3, -0.25) is 4.98 Å². The molecule has 2 aromatic carbocycles. The topological polar surface area (TPSA) is 86.6 Å². The number of hydrogen-bond acceptors (Lipinski definition) is 5. The summed E-state index contributed by atoms with van der Waals surface area (Å²) in [6.07, 6.45) is 0. The molecule has 0 atom stereocenters. The molecule has 1 fully saturated rings. The highest BCUT2D eigenvalue weighted by Gasteiger charge is 2.28. The first-order chi connectivity index (χ1) is 12.4. The zero-order valence-corrected chi connectivity index (χ0v) is 15.3. The van der Waals surface area contributed by atoms with Gasteiger partial charge in [0, 0.05) is 43.0 Å². The molecule has 2 heterocycles. The molecule has 0 unspecified atom stereocenters. The van der Waals surface area contributed by atoms with Crippen LogP contribution in [0.15, 0.2) is 56.6 Å². The number of halogens is 1. The lowest BCUT2D eigenvalue weighted by Crippen LogP contribution is -2.48. The van der Waals surface area contributed by atoms with Gasteiger partial charge in [0.2, 0.25) is 10.0 Å². The average molecular weight is 394 g/mol. The second-order valence-corrected chi connectivity index (χ2v) is 8.41. The van der Waals surface area contributed by atoms with E-state index in [9.17, 15) is 13.2 Å². The van der Waals surface area contributed by atoms with E-state index in [0.717, 1.165) is 5.69 Å². The van der Waals surface area contributed by atoms with Gasteiger partial charge in [-0.25, -0.2) is 13.2 Å². The van der Waals surface area contributed by atoms with E-state index >= 15 is 0 Å². The molecule has 0 saturated carbocycles. The Morgan fingerprint density at radius 3 is 2.38 bits per heavy atom. The summed E-state index contributed by atoms with van der Waals surface area (Å²) in [7, 11) is -3.53. The van der Waals surface area contributed by atoms with Gasteiger partial charge in [-0.05, 0) is 36.4 Å². The number of oxazole rings is 1. The van der Waals surface area contributed by atoms with Crippen molar-refractivity contribution in [3.8, 4) is 0 Å². The first-order valence-electron chi connectivity index (χ1n) is 8.07. The lowest BCUT2D eigenvalue weighted by atomic mass is 10.2. The molecule has 1 aliphatic rings. The van der Waals surface area contributed by atoms with Crippen molar-refractivity contribution in [3.63, 3.8) is 0 Å². The molecule has 1 N–H and O–H groups in total. The first-order valence-corrected chi connectivity index (χ1v) is 9.89. The summed E-state index contributed by atoms with van der Waals surface area (Å²) in [6, 6.07) is 11.6. The summed E-state index contributed by atoms with van der Waals surface area (Å²) < 4.78 is 32.0. The van der Waals surface area contributed by atoms with Crippen LogP contribution in [0.5, 0.6) is 0 Å². The van der Waals surface area contributed by atoms with Crippen molar-refractivity contribution < 1.29 is 12.8 Å². The van der Waals surface area contributed by atoms with Crippen molar-refractivity contribution in [2.45, 2.75) is 4.90 Å². The fourth-order valence-electron chi connectivity index (χ4n) is 3.07. The standard InChI is InChI=1S/C17H16ClN3O4S/c18-12-1-4-14(5-2-12)26(23,24)21-9-7-20(8-10-21)13-3-6-15-16(11-13)25-17(22)19-15/h1-6,11H,7-10H2,(H,19,22). The molecule has 3 aromatic rings. The van der Waals surface area contributed by atoms with Crippen LogP contribution in [-0.2, 0) is 10.0 Å². The number of rotatable bonds is 3. The summed E-state index contributed by atoms with van der Waals surface area (Å²) in [6.45, 7) is 1.85. The highest BCUT2D eigenvalue weighted by Crippen LogP contribution is 2.24. The average Bonchev–Trinajstić information content (AvgIpc) is 3.01. The predicted octanol–water partition coefficient (Wildman–Crippen LogP) is 2.29. The highest BCUT2D eigenvalue weighted by atomic mass is 35.5. The molecule has 0 radical (unpaired) electrons. The molecule has 0 aliphatic carbocycles. The van der Waals surface area contributed by atoms with Crippen molar-refractivity contribution >= 4 is 38.4 Å². The maximum absolute atomic E-state index is 12.7. The van der Waals surface area contributed by atoms with E-state index in [-0.39, 0.29) is 4.90 Å². The third-order valence-electron chi connectivity index (χ3n) is 4.46. The fraction of sp³-hybridized carbons (Fsp3) is 0.235. The summed E-state index contributed by atoms with van der Waals surface area (Å²) in [5, 5.41) is 0.501. The van der Waals surface area contributed by atoms with Gasteiger partial charge in [-0.1, -0.05) is 11.6 Å².